The van der Waals surface area contributed by atoms with Crippen molar-refractivity contribution in [3.63, 3.8) is 0 Å². The lowest BCUT2D eigenvalue weighted by molar-refractivity contribution is 0.463. The van der Waals surface area contributed by atoms with Crippen LogP contribution in [0, 0.1) is 6.92 Å². The topological polar surface area (TPSA) is 17.8 Å². The first-order valence-corrected chi connectivity index (χ1v) is 6.84. The van der Waals surface area contributed by atoms with E-state index in [1.54, 1.807) is 0 Å². The van der Waals surface area contributed by atoms with Crippen molar-refractivity contribution in [1.29, 1.82) is 0 Å². The molecule has 1 aliphatic rings. The summed E-state index contributed by atoms with van der Waals surface area (Å²) >= 11 is 0. The molecule has 0 spiro atoms. The second-order valence-corrected chi connectivity index (χ2v) is 5.49. The Morgan fingerprint density at radius 2 is 2.06 bits per heavy atom. The standard InChI is InChI=1S/C16H20N2/c1-12-5-7-14(8-6-12)10-15-11-18-9-3-4-13(2)16(18)17-15/h5-8,11,13H,3-4,9-10H2,1-2H3. The highest BCUT2D eigenvalue weighted by Gasteiger charge is 2.18. The van der Waals surface area contributed by atoms with Crippen molar-refractivity contribution >= 4 is 0 Å². The lowest BCUT2D eigenvalue weighted by Crippen LogP contribution is -2.12. The molecule has 1 aliphatic heterocycles. The Morgan fingerprint density at radius 1 is 1.28 bits per heavy atom. The summed E-state index contributed by atoms with van der Waals surface area (Å²) in [5, 5.41) is 0. The molecule has 0 saturated heterocycles. The number of aryl methyl sites for hydroxylation is 2. The highest BCUT2D eigenvalue weighted by Crippen LogP contribution is 2.26. The van der Waals surface area contributed by atoms with Gasteiger partial charge in [-0.25, -0.2) is 4.98 Å². The number of aromatic nitrogens is 2. The summed E-state index contributed by atoms with van der Waals surface area (Å²) in [5.41, 5.74) is 3.88. The lowest BCUT2D eigenvalue weighted by atomic mass is 10.0. The summed E-state index contributed by atoms with van der Waals surface area (Å²) < 4.78 is 2.34. The third-order valence-corrected chi connectivity index (χ3v) is 3.84. The number of nitrogens with zero attached hydrogens (tertiary/aromatic N) is 2. The Balaban J connectivity index is 1.83. The summed E-state index contributed by atoms with van der Waals surface area (Å²) in [4.78, 5) is 4.81. The number of rotatable bonds is 2. The van der Waals surface area contributed by atoms with Gasteiger partial charge in [0.2, 0.25) is 0 Å². The van der Waals surface area contributed by atoms with E-state index < -0.39 is 0 Å². The second-order valence-electron chi connectivity index (χ2n) is 5.49. The molecule has 1 aromatic heterocycles. The fraction of sp³-hybridized carbons (Fsp3) is 0.438. The van der Waals surface area contributed by atoms with Crippen LogP contribution in [0.15, 0.2) is 30.5 Å². The van der Waals surface area contributed by atoms with Crippen LogP contribution in [0.2, 0.25) is 0 Å². The van der Waals surface area contributed by atoms with E-state index in [-0.39, 0.29) is 0 Å². The summed E-state index contributed by atoms with van der Waals surface area (Å²) in [6, 6.07) is 8.76. The maximum Gasteiger partial charge on any atom is 0.111 e. The molecule has 0 bridgehead atoms. The molecule has 1 atom stereocenters. The molecule has 1 aromatic carbocycles. The van der Waals surface area contributed by atoms with Gasteiger partial charge in [0.15, 0.2) is 0 Å². The van der Waals surface area contributed by atoms with Gasteiger partial charge in [-0.1, -0.05) is 36.8 Å². The van der Waals surface area contributed by atoms with E-state index >= 15 is 0 Å². The zero-order chi connectivity index (χ0) is 12.5. The van der Waals surface area contributed by atoms with Crippen molar-refractivity contribution in [2.45, 2.75) is 45.6 Å². The number of fused-ring (bicyclic) bond motifs is 1. The van der Waals surface area contributed by atoms with Crippen LogP contribution in [0.3, 0.4) is 0 Å². The van der Waals surface area contributed by atoms with E-state index in [4.69, 9.17) is 4.98 Å². The van der Waals surface area contributed by atoms with E-state index in [1.807, 2.05) is 0 Å². The van der Waals surface area contributed by atoms with E-state index in [0.29, 0.717) is 5.92 Å². The van der Waals surface area contributed by atoms with E-state index in [0.717, 1.165) is 13.0 Å². The first-order valence-electron chi connectivity index (χ1n) is 6.84. The van der Waals surface area contributed by atoms with Gasteiger partial charge in [-0.3, -0.25) is 0 Å². The van der Waals surface area contributed by atoms with Gasteiger partial charge in [0.05, 0.1) is 5.69 Å². The van der Waals surface area contributed by atoms with Crippen LogP contribution in [-0.4, -0.2) is 9.55 Å². The summed E-state index contributed by atoms with van der Waals surface area (Å²) in [5.74, 6) is 1.90. The highest BCUT2D eigenvalue weighted by atomic mass is 15.1. The normalized spacial score (nSPS) is 18.7. The Bertz CT molecular complexity index is 537. The average Bonchev–Trinajstić information content (AvgIpc) is 2.76. The molecule has 3 rings (SSSR count). The molecule has 2 heteroatoms. The van der Waals surface area contributed by atoms with Gasteiger partial charge in [0, 0.05) is 25.1 Å². The summed E-state index contributed by atoms with van der Waals surface area (Å²) in [7, 11) is 0. The highest BCUT2D eigenvalue weighted by molar-refractivity contribution is 5.25. The van der Waals surface area contributed by atoms with Gasteiger partial charge >= 0.3 is 0 Å². The second kappa shape index (κ2) is 4.60. The maximum atomic E-state index is 4.81. The molecule has 0 aliphatic carbocycles. The number of hydrogen-bond acceptors (Lipinski definition) is 1. The molecular weight excluding hydrogens is 220 g/mol. The number of benzene rings is 1. The Labute approximate surface area is 109 Å². The van der Waals surface area contributed by atoms with Gasteiger partial charge < -0.3 is 4.57 Å². The van der Waals surface area contributed by atoms with Crippen molar-refractivity contribution in [3.8, 4) is 0 Å². The lowest BCUT2D eigenvalue weighted by Gasteiger charge is -2.19. The van der Waals surface area contributed by atoms with Crippen molar-refractivity contribution in [3.05, 3.63) is 53.1 Å². The van der Waals surface area contributed by atoms with Gasteiger partial charge in [0.1, 0.15) is 5.82 Å². The third-order valence-electron chi connectivity index (χ3n) is 3.84. The van der Waals surface area contributed by atoms with Crippen molar-refractivity contribution in [2.75, 3.05) is 0 Å². The predicted molar refractivity (Wildman–Crippen MR) is 73.9 cm³/mol. The number of imidazole rings is 1. The summed E-state index contributed by atoms with van der Waals surface area (Å²) in [6.45, 7) is 5.55. The number of hydrogen-bond donors (Lipinski definition) is 0. The minimum atomic E-state index is 0.616. The van der Waals surface area contributed by atoms with Gasteiger partial charge in [-0.2, -0.15) is 0 Å². The van der Waals surface area contributed by atoms with Crippen LogP contribution in [0.25, 0.3) is 0 Å². The molecule has 0 saturated carbocycles. The van der Waals surface area contributed by atoms with E-state index in [9.17, 15) is 0 Å². The zero-order valence-corrected chi connectivity index (χ0v) is 11.2. The minimum absolute atomic E-state index is 0.616. The molecule has 0 radical (unpaired) electrons. The van der Waals surface area contributed by atoms with Gasteiger partial charge in [-0.05, 0) is 25.3 Å². The molecule has 1 unspecified atom stereocenters. The predicted octanol–water partition coefficient (Wildman–Crippen LogP) is 3.68. The fourth-order valence-corrected chi connectivity index (χ4v) is 2.76. The maximum absolute atomic E-state index is 4.81. The van der Waals surface area contributed by atoms with Crippen LogP contribution in [0.1, 0.15) is 48.3 Å². The fourth-order valence-electron chi connectivity index (χ4n) is 2.76. The smallest absolute Gasteiger partial charge is 0.111 e. The Morgan fingerprint density at radius 3 is 2.78 bits per heavy atom. The van der Waals surface area contributed by atoms with Gasteiger partial charge in [-0.15, -0.1) is 0 Å². The van der Waals surface area contributed by atoms with Crippen molar-refractivity contribution in [2.24, 2.45) is 0 Å². The molecule has 0 fully saturated rings. The quantitative estimate of drug-likeness (QED) is 0.783. The molecule has 0 amide bonds. The van der Waals surface area contributed by atoms with Crippen LogP contribution in [0.5, 0.6) is 0 Å². The average molecular weight is 240 g/mol. The Kier molecular flexibility index (Phi) is 2.94. The van der Waals surface area contributed by atoms with Crippen LogP contribution < -0.4 is 0 Å². The Hall–Kier alpha value is -1.57. The van der Waals surface area contributed by atoms with Crippen molar-refractivity contribution < 1.29 is 0 Å². The SMILES string of the molecule is Cc1ccc(Cc2cn3c(n2)C(C)CCC3)cc1. The minimum Gasteiger partial charge on any atom is -0.334 e. The van der Waals surface area contributed by atoms with Crippen LogP contribution in [-0.2, 0) is 13.0 Å². The van der Waals surface area contributed by atoms with Crippen molar-refractivity contribution in [1.82, 2.24) is 9.55 Å². The first-order chi connectivity index (χ1) is 8.72. The molecule has 2 heterocycles. The van der Waals surface area contributed by atoms with E-state index in [1.165, 1.54) is 35.5 Å². The van der Waals surface area contributed by atoms with Crippen LogP contribution in [0.4, 0.5) is 0 Å². The van der Waals surface area contributed by atoms with E-state index in [2.05, 4.69) is 48.9 Å². The molecule has 2 nitrogen and oxygen atoms in total. The van der Waals surface area contributed by atoms with Gasteiger partial charge in [0.25, 0.3) is 0 Å². The monoisotopic (exact) mass is 240 g/mol. The third kappa shape index (κ3) is 2.20. The molecule has 2 aromatic rings. The molecule has 0 N–H and O–H groups in total. The first kappa shape index (κ1) is 11.5. The molecule has 18 heavy (non-hydrogen) atoms. The zero-order valence-electron chi connectivity index (χ0n) is 11.2. The molecule has 94 valence electrons. The van der Waals surface area contributed by atoms with Crippen LogP contribution >= 0.6 is 0 Å². The summed E-state index contributed by atoms with van der Waals surface area (Å²) in [6.07, 6.45) is 5.76. The molecular formula is C16H20N2. The largest absolute Gasteiger partial charge is 0.334 e.